The lowest BCUT2D eigenvalue weighted by molar-refractivity contribution is -0.123. The Morgan fingerprint density at radius 3 is 1.56 bits per heavy atom. The summed E-state index contributed by atoms with van der Waals surface area (Å²) in [4.78, 5) is 23.9. The molecule has 2 aromatic rings. The van der Waals surface area contributed by atoms with E-state index in [1.165, 1.54) is 12.4 Å². The Labute approximate surface area is 200 Å². The average Bonchev–Trinajstić information content (AvgIpc) is 2.85. The van der Waals surface area contributed by atoms with Crippen molar-refractivity contribution in [2.24, 2.45) is 10.2 Å². The zero-order valence-corrected chi connectivity index (χ0v) is 19.1. The van der Waals surface area contributed by atoms with E-state index in [9.17, 15) is 9.59 Å². The van der Waals surface area contributed by atoms with Crippen LogP contribution in [0.3, 0.4) is 0 Å². The Morgan fingerprint density at radius 2 is 1.15 bits per heavy atom. The first-order chi connectivity index (χ1) is 16.6. The van der Waals surface area contributed by atoms with Crippen molar-refractivity contribution in [2.45, 2.75) is 25.7 Å². The van der Waals surface area contributed by atoms with Crippen LogP contribution >= 0.6 is 0 Å². The number of amides is 2. The summed E-state index contributed by atoms with van der Waals surface area (Å²) in [5.41, 5.74) is 6.47. The van der Waals surface area contributed by atoms with Gasteiger partial charge in [-0.3, -0.25) is 9.59 Å². The molecule has 0 fully saturated rings. The number of nitrogens with zero attached hydrogens (tertiary/aromatic N) is 2. The maximum Gasteiger partial charge on any atom is 0.240 e. The number of para-hydroxylation sites is 2. The van der Waals surface area contributed by atoms with Gasteiger partial charge in [-0.25, -0.2) is 10.9 Å². The van der Waals surface area contributed by atoms with Gasteiger partial charge in [0.1, 0.15) is 24.7 Å². The average molecular weight is 463 g/mol. The fourth-order valence-electron chi connectivity index (χ4n) is 2.77. The molecule has 0 aliphatic carbocycles. The maximum absolute atomic E-state index is 12.0. The van der Waals surface area contributed by atoms with E-state index in [1.807, 2.05) is 48.5 Å². The van der Waals surface area contributed by atoms with Crippen molar-refractivity contribution < 1.29 is 19.1 Å². The van der Waals surface area contributed by atoms with E-state index in [2.05, 4.69) is 34.2 Å². The van der Waals surface area contributed by atoms with E-state index in [-0.39, 0.29) is 24.7 Å². The highest BCUT2D eigenvalue weighted by Gasteiger charge is 2.04. The van der Waals surface area contributed by atoms with E-state index in [4.69, 9.17) is 9.47 Å². The summed E-state index contributed by atoms with van der Waals surface area (Å²) in [7, 11) is 0. The van der Waals surface area contributed by atoms with Crippen LogP contribution in [0.15, 0.2) is 84.0 Å². The van der Waals surface area contributed by atoms with E-state index < -0.39 is 0 Å². The third-order valence-corrected chi connectivity index (χ3v) is 4.39. The molecule has 0 heterocycles. The first-order valence-electron chi connectivity index (χ1n) is 10.9. The molecule has 0 radical (unpaired) electrons. The molecule has 0 bridgehead atoms. The highest BCUT2D eigenvalue weighted by Crippen LogP contribution is 2.16. The van der Waals surface area contributed by atoms with E-state index >= 15 is 0 Å². The van der Waals surface area contributed by atoms with Crippen molar-refractivity contribution >= 4 is 24.2 Å². The minimum Gasteiger partial charge on any atom is -0.489 e. The molecule has 0 aromatic heterocycles. The van der Waals surface area contributed by atoms with Gasteiger partial charge >= 0.3 is 0 Å². The summed E-state index contributed by atoms with van der Waals surface area (Å²) in [5, 5.41) is 7.95. The summed E-state index contributed by atoms with van der Waals surface area (Å²) < 4.78 is 11.1. The topological polar surface area (TPSA) is 101 Å². The van der Waals surface area contributed by atoms with Crippen LogP contribution < -0.4 is 20.3 Å². The third-order valence-electron chi connectivity index (χ3n) is 4.39. The molecule has 0 aliphatic rings. The first-order valence-corrected chi connectivity index (χ1v) is 10.9. The molecule has 0 aliphatic heterocycles. The summed E-state index contributed by atoms with van der Waals surface area (Å²) in [5.74, 6) is 0.856. The lowest BCUT2D eigenvalue weighted by Gasteiger charge is -2.06. The van der Waals surface area contributed by atoms with E-state index in [0.717, 1.165) is 11.1 Å². The number of hydrogen-bond acceptors (Lipinski definition) is 6. The van der Waals surface area contributed by atoms with Gasteiger partial charge in [0.2, 0.25) is 11.8 Å². The van der Waals surface area contributed by atoms with Gasteiger partial charge in [0, 0.05) is 24.0 Å². The molecule has 0 spiro atoms. The summed E-state index contributed by atoms with van der Waals surface area (Å²) in [6.45, 7) is 8.01. The monoisotopic (exact) mass is 462 g/mol. The number of ether oxygens (including phenoxy) is 2. The minimum absolute atomic E-state index is 0.227. The van der Waals surface area contributed by atoms with Crippen LogP contribution in [0.25, 0.3) is 0 Å². The molecule has 2 aromatic carbocycles. The lowest BCUT2D eigenvalue weighted by atomic mass is 10.2. The van der Waals surface area contributed by atoms with Gasteiger partial charge in [-0.1, -0.05) is 49.6 Å². The molecule has 34 heavy (non-hydrogen) atoms. The molecule has 0 unspecified atom stereocenters. The Morgan fingerprint density at radius 1 is 0.735 bits per heavy atom. The second-order valence-electron chi connectivity index (χ2n) is 7.07. The van der Waals surface area contributed by atoms with Crippen LogP contribution in [-0.2, 0) is 9.59 Å². The zero-order valence-electron chi connectivity index (χ0n) is 19.1. The molecule has 0 atom stereocenters. The second kappa shape index (κ2) is 15.6. The molecule has 2 amide bonds. The van der Waals surface area contributed by atoms with Crippen LogP contribution in [0, 0.1) is 0 Å². The molecular formula is C26H30N4O4. The van der Waals surface area contributed by atoms with Crippen molar-refractivity contribution in [3.05, 3.63) is 85.0 Å². The largest absolute Gasteiger partial charge is 0.489 e. The SMILES string of the molecule is C=CCOc1ccccc1/C=N/NC(=O)CCCCC(=O)N/N=C/c1ccccc1OCC=C. The third kappa shape index (κ3) is 9.95. The summed E-state index contributed by atoms with van der Waals surface area (Å²) in [6, 6.07) is 14.7. The number of nitrogens with one attached hydrogen (secondary N) is 2. The van der Waals surface area contributed by atoms with E-state index in [0.29, 0.717) is 37.6 Å². The molecular weight excluding hydrogens is 432 g/mol. The number of hydrogen-bond donors (Lipinski definition) is 2. The van der Waals surface area contributed by atoms with Crippen LogP contribution in [0.5, 0.6) is 11.5 Å². The zero-order chi connectivity index (χ0) is 24.4. The van der Waals surface area contributed by atoms with Gasteiger partial charge in [-0.05, 0) is 37.1 Å². The normalized spacial score (nSPS) is 10.7. The number of hydrazone groups is 2. The van der Waals surface area contributed by atoms with Crippen LogP contribution in [0.2, 0.25) is 0 Å². The second-order valence-corrected chi connectivity index (χ2v) is 7.07. The Hall–Kier alpha value is -4.20. The molecule has 2 N–H and O–H groups in total. The Bertz CT molecular complexity index is 936. The number of benzene rings is 2. The minimum atomic E-state index is -0.227. The smallest absolute Gasteiger partial charge is 0.240 e. The lowest BCUT2D eigenvalue weighted by Crippen LogP contribution is -2.19. The van der Waals surface area contributed by atoms with Gasteiger partial charge < -0.3 is 9.47 Å². The van der Waals surface area contributed by atoms with Crippen molar-refractivity contribution in [2.75, 3.05) is 13.2 Å². The Kier molecular flexibility index (Phi) is 11.9. The van der Waals surface area contributed by atoms with Gasteiger partial charge in [0.05, 0.1) is 12.4 Å². The van der Waals surface area contributed by atoms with Gasteiger partial charge in [0.15, 0.2) is 0 Å². The molecule has 0 saturated heterocycles. The van der Waals surface area contributed by atoms with Gasteiger partial charge in [0.25, 0.3) is 0 Å². The van der Waals surface area contributed by atoms with Crippen LogP contribution in [0.1, 0.15) is 36.8 Å². The standard InChI is InChI=1S/C26H30N4O4/c1-3-17-33-23-13-7-5-11-21(23)19-27-29-25(31)15-9-10-16-26(32)30-28-20-22-12-6-8-14-24(22)34-18-4-2/h3-8,11-14,19-20H,1-2,9-10,15-18H2,(H,29,31)(H,30,32)/b27-19+,28-20+. The summed E-state index contributed by atoms with van der Waals surface area (Å²) in [6.07, 6.45) is 7.99. The maximum atomic E-state index is 12.0. The summed E-state index contributed by atoms with van der Waals surface area (Å²) >= 11 is 0. The number of carbonyl (C=O) groups is 2. The molecule has 2 rings (SSSR count). The fraction of sp³-hybridized carbons (Fsp3) is 0.231. The quantitative estimate of drug-likeness (QED) is 0.181. The highest BCUT2D eigenvalue weighted by molar-refractivity contribution is 5.86. The molecule has 0 saturated carbocycles. The molecule has 178 valence electrons. The number of unbranched alkanes of at least 4 members (excludes halogenated alkanes) is 1. The van der Waals surface area contributed by atoms with Crippen molar-refractivity contribution in [3.8, 4) is 11.5 Å². The predicted octanol–water partition coefficient (Wildman–Crippen LogP) is 3.98. The van der Waals surface area contributed by atoms with Crippen LogP contribution in [0.4, 0.5) is 0 Å². The predicted molar refractivity (Wildman–Crippen MR) is 134 cm³/mol. The number of carbonyl (C=O) groups excluding carboxylic acids is 2. The van der Waals surface area contributed by atoms with Crippen LogP contribution in [-0.4, -0.2) is 37.5 Å². The van der Waals surface area contributed by atoms with Gasteiger partial charge in [-0.2, -0.15) is 10.2 Å². The highest BCUT2D eigenvalue weighted by atomic mass is 16.5. The Balaban J connectivity index is 1.66. The van der Waals surface area contributed by atoms with Crippen molar-refractivity contribution in [1.82, 2.24) is 10.9 Å². The molecule has 8 nitrogen and oxygen atoms in total. The first kappa shape index (κ1) is 26.1. The van der Waals surface area contributed by atoms with Crippen molar-refractivity contribution in [3.63, 3.8) is 0 Å². The number of rotatable bonds is 15. The van der Waals surface area contributed by atoms with Gasteiger partial charge in [-0.15, -0.1) is 0 Å². The van der Waals surface area contributed by atoms with E-state index in [1.54, 1.807) is 12.2 Å². The molecule has 8 heteroatoms. The van der Waals surface area contributed by atoms with Crippen molar-refractivity contribution in [1.29, 1.82) is 0 Å². The fourth-order valence-corrected chi connectivity index (χ4v) is 2.77.